The Morgan fingerprint density at radius 3 is 2.09 bits per heavy atom. The Bertz CT molecular complexity index is 1130. The zero-order chi connectivity index (χ0) is 24.8. The number of hydrogen-bond acceptors (Lipinski definition) is 6. The highest BCUT2D eigenvalue weighted by atomic mass is 32.1. The minimum atomic E-state index is -4.56. The van der Waals surface area contributed by atoms with Gasteiger partial charge in [0.05, 0.1) is 6.04 Å². The highest BCUT2D eigenvalue weighted by Crippen LogP contribution is 2.56. The molecule has 2 aromatic heterocycles. The van der Waals surface area contributed by atoms with Crippen LogP contribution in [0.25, 0.3) is 0 Å². The number of carbonyl (C=O) groups excluding carboxylic acids is 1. The van der Waals surface area contributed by atoms with Crippen molar-refractivity contribution < 1.29 is 31.1 Å². The predicted molar refractivity (Wildman–Crippen MR) is 108 cm³/mol. The number of amides is 2. The van der Waals surface area contributed by atoms with Crippen molar-refractivity contribution in [2.24, 2.45) is 16.7 Å². The highest BCUT2D eigenvalue weighted by Gasteiger charge is 2.58. The molecule has 0 atom stereocenters. The second kappa shape index (κ2) is 7.29. The summed E-state index contributed by atoms with van der Waals surface area (Å²) in [5.74, 6) is -0.667. The van der Waals surface area contributed by atoms with E-state index < -0.39 is 23.2 Å². The number of aromatic nitrogens is 5. The maximum Gasteiger partial charge on any atom is 0.453 e. The third-order valence-electron chi connectivity index (χ3n) is 7.74. The van der Waals surface area contributed by atoms with Crippen molar-refractivity contribution >= 4 is 17.6 Å². The molecule has 35 heavy (non-hydrogen) atoms. The van der Waals surface area contributed by atoms with Crippen LogP contribution in [0.3, 0.4) is 0 Å². The first kappa shape index (κ1) is 23.0. The van der Waals surface area contributed by atoms with Gasteiger partial charge < -0.3 is 9.80 Å². The molecule has 0 bridgehead atoms. The van der Waals surface area contributed by atoms with Crippen molar-refractivity contribution in [3.05, 3.63) is 23.0 Å². The van der Waals surface area contributed by atoms with Crippen LogP contribution in [-0.4, -0.2) is 66.1 Å². The summed E-state index contributed by atoms with van der Waals surface area (Å²) in [5, 5.41) is 2.63. The van der Waals surface area contributed by atoms with Gasteiger partial charge in [0.25, 0.3) is 5.82 Å². The van der Waals surface area contributed by atoms with Crippen LogP contribution in [0.1, 0.15) is 48.4 Å². The van der Waals surface area contributed by atoms with E-state index in [2.05, 4.69) is 19.4 Å². The highest BCUT2D eigenvalue weighted by molar-refractivity contribution is 7.05. The summed E-state index contributed by atoms with van der Waals surface area (Å²) >= 11 is 0.379. The summed E-state index contributed by atoms with van der Waals surface area (Å²) in [6.45, 7) is 2.47. The van der Waals surface area contributed by atoms with Gasteiger partial charge in [0, 0.05) is 43.4 Å². The van der Waals surface area contributed by atoms with Gasteiger partial charge in [-0.3, -0.25) is 0 Å². The fourth-order valence-corrected chi connectivity index (χ4v) is 6.80. The molecular weight excluding hydrogens is 500 g/mol. The molecule has 6 rings (SSSR count). The van der Waals surface area contributed by atoms with Crippen molar-refractivity contribution in [1.29, 1.82) is 0 Å². The molecule has 2 amide bonds. The first-order chi connectivity index (χ1) is 16.3. The fourth-order valence-electron chi connectivity index (χ4n) is 6.24. The van der Waals surface area contributed by atoms with Gasteiger partial charge >= 0.3 is 18.4 Å². The van der Waals surface area contributed by atoms with Gasteiger partial charge in [-0.2, -0.15) is 30.7 Å². The molecule has 0 radical (unpaired) electrons. The molecule has 4 heterocycles. The fraction of sp³-hybridized carbons (Fsp3) is 0.750. The second-order valence-corrected chi connectivity index (χ2v) is 11.3. The molecule has 0 unspecified atom stereocenters. The minimum Gasteiger partial charge on any atom is -0.323 e. The lowest BCUT2D eigenvalue weighted by Gasteiger charge is -2.63. The van der Waals surface area contributed by atoms with E-state index in [1.54, 1.807) is 9.80 Å². The molecule has 15 heteroatoms. The van der Waals surface area contributed by atoms with Gasteiger partial charge in [-0.05, 0) is 43.1 Å². The van der Waals surface area contributed by atoms with Gasteiger partial charge in [0.15, 0.2) is 0 Å². The summed E-state index contributed by atoms with van der Waals surface area (Å²) < 4.78 is 81.2. The molecule has 2 aliphatic heterocycles. The van der Waals surface area contributed by atoms with Crippen LogP contribution in [0, 0.1) is 16.7 Å². The second-order valence-electron chi connectivity index (χ2n) is 10.6. The normalized spacial score (nSPS) is 23.7. The number of likely N-dealkylation sites (tertiary alicyclic amines) is 2. The van der Waals surface area contributed by atoms with Crippen LogP contribution in [0.2, 0.25) is 0 Å². The molecule has 2 aliphatic carbocycles. The van der Waals surface area contributed by atoms with Crippen LogP contribution in [-0.2, 0) is 18.8 Å². The Kier molecular flexibility index (Phi) is 4.79. The first-order valence-corrected chi connectivity index (χ1v) is 12.0. The number of hydrogen-bond donors (Lipinski definition) is 0. The number of rotatable bonds is 3. The predicted octanol–water partition coefficient (Wildman–Crippen LogP) is 3.88. The van der Waals surface area contributed by atoms with E-state index in [4.69, 9.17) is 0 Å². The standard InChI is InChI=1S/C20H21F6N7OS/c21-19(22,23)14-27-10-33(29-14)12-4-18(5-12)8-32(9-18)16(34)31-6-17(7-31)2-11(3-17)1-13-28-15(35-30-13)20(24,25)26/h10-12H,1-9H2. The van der Waals surface area contributed by atoms with E-state index in [1.165, 1.54) is 4.68 Å². The summed E-state index contributed by atoms with van der Waals surface area (Å²) in [6.07, 6.45) is -4.44. The average molecular weight is 521 g/mol. The first-order valence-electron chi connectivity index (χ1n) is 11.3. The van der Waals surface area contributed by atoms with E-state index in [-0.39, 0.29) is 34.6 Å². The molecular formula is C20H21F6N7OS. The minimum absolute atomic E-state index is 0.0238. The molecule has 4 fully saturated rings. The quantitative estimate of drug-likeness (QED) is 0.573. The molecule has 8 nitrogen and oxygen atoms in total. The number of alkyl halides is 6. The Morgan fingerprint density at radius 1 is 0.971 bits per heavy atom. The third kappa shape index (κ3) is 3.95. The maximum absolute atomic E-state index is 12.8. The summed E-state index contributed by atoms with van der Waals surface area (Å²) in [6, 6.07) is -0.154. The van der Waals surface area contributed by atoms with Crippen molar-refractivity contribution in [3.63, 3.8) is 0 Å². The number of carbonyl (C=O) groups is 1. The van der Waals surface area contributed by atoms with Crippen LogP contribution in [0.5, 0.6) is 0 Å². The van der Waals surface area contributed by atoms with E-state index >= 15 is 0 Å². The Hall–Kier alpha value is -2.45. The molecule has 2 spiro atoms. The van der Waals surface area contributed by atoms with Gasteiger partial charge in [-0.25, -0.2) is 19.4 Å². The van der Waals surface area contributed by atoms with Crippen LogP contribution in [0.15, 0.2) is 6.33 Å². The number of nitrogens with zero attached hydrogens (tertiary/aromatic N) is 7. The van der Waals surface area contributed by atoms with Gasteiger partial charge in [-0.1, -0.05) is 0 Å². The van der Waals surface area contributed by atoms with E-state index in [1.807, 2.05) is 0 Å². The van der Waals surface area contributed by atoms with E-state index in [0.717, 1.165) is 19.2 Å². The largest absolute Gasteiger partial charge is 0.453 e. The van der Waals surface area contributed by atoms with Crippen molar-refractivity contribution in [2.45, 2.75) is 50.5 Å². The summed E-state index contributed by atoms with van der Waals surface area (Å²) in [4.78, 5) is 23.3. The van der Waals surface area contributed by atoms with E-state index in [9.17, 15) is 31.1 Å². The Labute approximate surface area is 199 Å². The molecule has 2 saturated heterocycles. The molecule has 2 saturated carbocycles. The monoisotopic (exact) mass is 521 g/mol. The Morgan fingerprint density at radius 2 is 1.57 bits per heavy atom. The lowest BCUT2D eigenvalue weighted by molar-refractivity contribution is -0.145. The lowest BCUT2D eigenvalue weighted by atomic mass is 9.57. The average Bonchev–Trinajstić information content (AvgIpc) is 3.29. The van der Waals surface area contributed by atoms with Crippen molar-refractivity contribution in [1.82, 2.24) is 33.9 Å². The molecule has 2 aromatic rings. The van der Waals surface area contributed by atoms with Crippen LogP contribution in [0.4, 0.5) is 31.1 Å². The smallest absolute Gasteiger partial charge is 0.323 e. The van der Waals surface area contributed by atoms with Gasteiger partial charge in [0.1, 0.15) is 12.2 Å². The topological polar surface area (TPSA) is 80.0 Å². The Balaban J connectivity index is 0.926. The van der Waals surface area contributed by atoms with Crippen LogP contribution >= 0.6 is 11.5 Å². The zero-order valence-corrected chi connectivity index (χ0v) is 19.1. The zero-order valence-electron chi connectivity index (χ0n) is 18.3. The summed E-state index contributed by atoms with van der Waals surface area (Å²) in [5.41, 5.74) is 0.00119. The summed E-state index contributed by atoms with van der Waals surface area (Å²) in [7, 11) is 0. The van der Waals surface area contributed by atoms with Gasteiger partial charge in [-0.15, -0.1) is 5.10 Å². The molecule has 190 valence electrons. The van der Waals surface area contributed by atoms with Crippen molar-refractivity contribution in [3.8, 4) is 0 Å². The molecule has 0 aromatic carbocycles. The van der Waals surface area contributed by atoms with Gasteiger partial charge in [0.2, 0.25) is 5.01 Å². The SMILES string of the molecule is O=C(N1CC2(CC(Cc3nsc(C(F)(F)F)n3)C2)C1)N1CC2(CC(n3cnc(C(F)(F)F)n3)C2)C1. The number of urea groups is 1. The van der Waals surface area contributed by atoms with Crippen LogP contribution < -0.4 is 0 Å². The number of halogens is 6. The molecule has 4 aliphatic rings. The molecule has 0 N–H and O–H groups in total. The maximum atomic E-state index is 12.8. The lowest BCUT2D eigenvalue weighted by Crippen LogP contribution is -2.71. The van der Waals surface area contributed by atoms with E-state index in [0.29, 0.717) is 57.0 Å². The van der Waals surface area contributed by atoms with Crippen molar-refractivity contribution in [2.75, 3.05) is 26.2 Å². The third-order valence-corrected chi connectivity index (χ3v) is 8.54.